The van der Waals surface area contributed by atoms with Crippen molar-refractivity contribution in [1.29, 1.82) is 0 Å². The average Bonchev–Trinajstić information content (AvgIpc) is 2.60. The first kappa shape index (κ1) is 14.5. The Balaban J connectivity index is 2.51. The van der Waals surface area contributed by atoms with Gasteiger partial charge in [-0.05, 0) is 6.92 Å². The molecule has 0 spiro atoms. The summed E-state index contributed by atoms with van der Waals surface area (Å²) in [6.07, 6.45) is -0.520. The minimum Gasteiger partial charge on any atom is -0.481 e. The van der Waals surface area contributed by atoms with Crippen molar-refractivity contribution in [2.45, 2.75) is 13.3 Å². The van der Waals surface area contributed by atoms with Crippen LogP contribution in [-0.4, -0.2) is 47.1 Å². The molecule has 0 aliphatic carbocycles. The zero-order valence-electron chi connectivity index (χ0n) is 9.41. The lowest BCUT2D eigenvalue weighted by Gasteiger charge is -2.02. The van der Waals surface area contributed by atoms with Gasteiger partial charge in [0.1, 0.15) is 10.8 Å². The summed E-state index contributed by atoms with van der Waals surface area (Å²) in [6.45, 7) is 1.69. The van der Waals surface area contributed by atoms with Crippen molar-refractivity contribution >= 4 is 38.2 Å². The first-order valence-electron chi connectivity index (χ1n) is 4.81. The van der Waals surface area contributed by atoms with Crippen LogP contribution in [0.5, 0.6) is 0 Å². The van der Waals surface area contributed by atoms with E-state index in [1.165, 1.54) is 0 Å². The molecule has 0 radical (unpaired) electrons. The van der Waals surface area contributed by atoms with Crippen molar-refractivity contribution in [3.8, 4) is 0 Å². The molecule has 0 fully saturated rings. The van der Waals surface area contributed by atoms with Crippen molar-refractivity contribution in [3.63, 3.8) is 0 Å². The van der Waals surface area contributed by atoms with Crippen LogP contribution in [0.3, 0.4) is 0 Å². The molecule has 0 unspecified atom stereocenters. The van der Waals surface area contributed by atoms with Gasteiger partial charge in [0.15, 0.2) is 9.84 Å². The van der Waals surface area contributed by atoms with Gasteiger partial charge in [0.25, 0.3) is 0 Å². The number of hydrogen-bond donors (Lipinski definition) is 2. The van der Waals surface area contributed by atoms with Crippen molar-refractivity contribution in [2.24, 2.45) is 0 Å². The highest BCUT2D eigenvalue weighted by Gasteiger charge is 2.19. The summed E-state index contributed by atoms with van der Waals surface area (Å²) in [4.78, 5) is 21.6. The van der Waals surface area contributed by atoms with Crippen LogP contribution in [0.1, 0.15) is 11.4 Å². The van der Waals surface area contributed by atoms with Crippen LogP contribution in [0.15, 0.2) is 0 Å². The number of carboxylic acids is 1. The van der Waals surface area contributed by atoms with E-state index in [9.17, 15) is 18.0 Å². The summed E-state index contributed by atoms with van der Waals surface area (Å²) >= 11 is 1.12. The summed E-state index contributed by atoms with van der Waals surface area (Å²) in [7, 11) is -3.73. The molecule has 0 saturated heterocycles. The van der Waals surface area contributed by atoms with Crippen LogP contribution in [-0.2, 0) is 19.4 Å². The number of rotatable bonds is 6. The number of carbonyl (C=O) groups excluding carboxylic acids is 1. The monoisotopic (exact) mass is 293 g/mol. The van der Waals surface area contributed by atoms with E-state index in [1.807, 2.05) is 0 Å². The molecule has 8 nitrogen and oxygen atoms in total. The lowest BCUT2D eigenvalue weighted by molar-refractivity contribution is -0.136. The molecule has 0 atom stereocenters. The molecule has 1 aromatic rings. The second-order valence-electron chi connectivity index (χ2n) is 3.41. The van der Waals surface area contributed by atoms with E-state index in [4.69, 9.17) is 5.11 Å². The molecule has 0 saturated carbocycles. The molecule has 1 amide bonds. The highest BCUT2D eigenvalue weighted by molar-refractivity contribution is 7.92. The van der Waals surface area contributed by atoms with Gasteiger partial charge in [-0.25, -0.2) is 8.42 Å². The van der Waals surface area contributed by atoms with E-state index in [0.717, 1.165) is 11.3 Å². The SMILES string of the molecule is Cc1nnc(NC(=O)CS(=O)(=O)CCC(=O)O)s1. The number of aryl methyl sites for hydroxylation is 1. The Morgan fingerprint density at radius 3 is 2.56 bits per heavy atom. The number of nitrogens with zero attached hydrogens (tertiary/aromatic N) is 2. The largest absolute Gasteiger partial charge is 0.481 e. The molecule has 1 heterocycles. The summed E-state index contributed by atoms with van der Waals surface area (Å²) in [5.41, 5.74) is 0. The standard InChI is InChI=1S/C8H11N3O5S2/c1-5-10-11-8(17-5)9-6(12)4-18(15,16)3-2-7(13)14/h2-4H2,1H3,(H,13,14)(H,9,11,12). The molecule has 2 N–H and O–H groups in total. The minimum atomic E-state index is -3.73. The minimum absolute atomic E-state index is 0.214. The predicted octanol–water partition coefficient (Wildman–Crippen LogP) is -0.325. The van der Waals surface area contributed by atoms with Gasteiger partial charge in [0, 0.05) is 0 Å². The van der Waals surface area contributed by atoms with Crippen LogP contribution in [0.4, 0.5) is 5.13 Å². The Bertz CT molecular complexity index is 551. The van der Waals surface area contributed by atoms with E-state index in [1.54, 1.807) is 6.92 Å². The molecular weight excluding hydrogens is 282 g/mol. The van der Waals surface area contributed by atoms with Crippen LogP contribution >= 0.6 is 11.3 Å². The zero-order chi connectivity index (χ0) is 13.8. The van der Waals surface area contributed by atoms with Gasteiger partial charge in [-0.3, -0.25) is 14.9 Å². The summed E-state index contributed by atoms with van der Waals surface area (Å²) in [5, 5.41) is 18.8. The van der Waals surface area contributed by atoms with E-state index in [2.05, 4.69) is 15.5 Å². The Hall–Kier alpha value is -1.55. The number of hydrogen-bond acceptors (Lipinski definition) is 7. The van der Waals surface area contributed by atoms with Gasteiger partial charge >= 0.3 is 5.97 Å². The number of nitrogens with one attached hydrogen (secondary N) is 1. The van der Waals surface area contributed by atoms with Gasteiger partial charge in [0.2, 0.25) is 11.0 Å². The van der Waals surface area contributed by atoms with E-state index in [0.29, 0.717) is 5.01 Å². The second-order valence-corrected chi connectivity index (χ2v) is 6.78. The first-order chi connectivity index (χ1) is 8.28. The molecular formula is C8H11N3O5S2. The Labute approximate surface area is 107 Å². The highest BCUT2D eigenvalue weighted by atomic mass is 32.2. The fourth-order valence-corrected chi connectivity index (χ4v) is 2.73. The van der Waals surface area contributed by atoms with Gasteiger partial charge < -0.3 is 5.11 Å². The number of aromatic nitrogens is 2. The number of carboxylic acid groups (broad SMARTS) is 1. The molecule has 0 aliphatic heterocycles. The van der Waals surface area contributed by atoms with Crippen LogP contribution < -0.4 is 5.32 Å². The lowest BCUT2D eigenvalue weighted by atomic mass is 10.5. The Morgan fingerprint density at radius 2 is 2.06 bits per heavy atom. The predicted molar refractivity (Wildman–Crippen MR) is 64.2 cm³/mol. The Morgan fingerprint density at radius 1 is 1.39 bits per heavy atom. The van der Waals surface area contributed by atoms with Crippen LogP contribution in [0.2, 0.25) is 0 Å². The number of sulfone groups is 1. The normalized spacial score (nSPS) is 11.2. The third kappa shape index (κ3) is 5.19. The molecule has 18 heavy (non-hydrogen) atoms. The molecule has 0 bridgehead atoms. The third-order valence-corrected chi connectivity index (χ3v) is 4.03. The topological polar surface area (TPSA) is 126 Å². The summed E-state index contributed by atoms with van der Waals surface area (Å²) in [5.74, 6) is -3.31. The van der Waals surface area contributed by atoms with Crippen molar-refractivity contribution in [3.05, 3.63) is 5.01 Å². The van der Waals surface area contributed by atoms with E-state index >= 15 is 0 Å². The van der Waals surface area contributed by atoms with E-state index < -0.39 is 39.6 Å². The maximum absolute atomic E-state index is 11.4. The molecule has 1 rings (SSSR count). The second kappa shape index (κ2) is 5.87. The fraction of sp³-hybridized carbons (Fsp3) is 0.500. The Kier molecular flexibility index (Phi) is 4.73. The lowest BCUT2D eigenvalue weighted by Crippen LogP contribution is -2.25. The van der Waals surface area contributed by atoms with Crippen molar-refractivity contribution in [2.75, 3.05) is 16.8 Å². The summed E-state index contributed by atoms with van der Waals surface area (Å²) in [6, 6.07) is 0. The van der Waals surface area contributed by atoms with Crippen LogP contribution in [0, 0.1) is 6.92 Å². The quantitative estimate of drug-likeness (QED) is 0.735. The fourth-order valence-electron chi connectivity index (χ4n) is 1.02. The number of aliphatic carboxylic acids is 1. The maximum Gasteiger partial charge on any atom is 0.304 e. The first-order valence-corrected chi connectivity index (χ1v) is 7.44. The molecule has 1 aromatic heterocycles. The van der Waals surface area contributed by atoms with Gasteiger partial charge in [0.05, 0.1) is 12.2 Å². The number of anilines is 1. The van der Waals surface area contributed by atoms with Gasteiger partial charge in [-0.15, -0.1) is 10.2 Å². The van der Waals surface area contributed by atoms with Crippen LogP contribution in [0.25, 0.3) is 0 Å². The average molecular weight is 293 g/mol. The smallest absolute Gasteiger partial charge is 0.304 e. The molecule has 10 heteroatoms. The van der Waals surface area contributed by atoms with Gasteiger partial charge in [-0.2, -0.15) is 0 Å². The zero-order valence-corrected chi connectivity index (χ0v) is 11.0. The number of carbonyl (C=O) groups is 2. The van der Waals surface area contributed by atoms with Crippen molar-refractivity contribution in [1.82, 2.24) is 10.2 Å². The maximum atomic E-state index is 11.4. The molecule has 0 aliphatic rings. The van der Waals surface area contributed by atoms with Gasteiger partial charge in [-0.1, -0.05) is 11.3 Å². The number of amides is 1. The third-order valence-electron chi connectivity index (χ3n) is 1.75. The summed E-state index contributed by atoms with van der Waals surface area (Å²) < 4.78 is 22.8. The van der Waals surface area contributed by atoms with Crippen molar-refractivity contribution < 1.29 is 23.1 Å². The highest BCUT2D eigenvalue weighted by Crippen LogP contribution is 2.13. The molecule has 100 valence electrons. The van der Waals surface area contributed by atoms with E-state index in [-0.39, 0.29) is 5.13 Å². The molecule has 0 aromatic carbocycles.